The van der Waals surface area contributed by atoms with Crippen molar-refractivity contribution in [2.75, 3.05) is 21.0 Å². The van der Waals surface area contributed by atoms with Crippen LogP contribution >= 0.6 is 0 Å². The zero-order valence-electron chi connectivity index (χ0n) is 9.67. The Morgan fingerprint density at radius 2 is 2.18 bits per heavy atom. The molecule has 92 valence electrons. The quantitative estimate of drug-likeness (QED) is 0.604. The summed E-state index contributed by atoms with van der Waals surface area (Å²) in [5.74, 6) is 0.116. The third-order valence-corrected chi connectivity index (χ3v) is 1.96. The lowest BCUT2D eigenvalue weighted by Gasteiger charge is -2.09. The average Bonchev–Trinajstić information content (AvgIpc) is 2.34. The Labute approximate surface area is 99.2 Å². The predicted octanol–water partition coefficient (Wildman–Crippen LogP) is 1.78. The molecule has 5 nitrogen and oxygen atoms in total. The van der Waals surface area contributed by atoms with E-state index in [9.17, 15) is 4.79 Å². The minimum absolute atomic E-state index is 0.0844. The van der Waals surface area contributed by atoms with Gasteiger partial charge in [0.25, 0.3) is 0 Å². The second kappa shape index (κ2) is 6.55. The van der Waals surface area contributed by atoms with Crippen LogP contribution in [0, 0.1) is 0 Å². The van der Waals surface area contributed by atoms with E-state index in [1.807, 2.05) is 0 Å². The van der Waals surface area contributed by atoms with Crippen molar-refractivity contribution in [1.82, 2.24) is 0 Å². The fraction of sp³-hybridized carbons (Fsp3) is 0.250. The topological polar surface area (TPSA) is 65.0 Å². The Morgan fingerprint density at radius 3 is 2.76 bits per heavy atom. The normalized spacial score (nSPS) is 10.5. The van der Waals surface area contributed by atoms with Crippen LogP contribution in [0.5, 0.6) is 11.5 Å². The second-order valence-corrected chi connectivity index (χ2v) is 3.13. The number of ether oxygens (including phenoxy) is 3. The minimum atomic E-state index is -1.02. The van der Waals surface area contributed by atoms with Gasteiger partial charge >= 0.3 is 5.97 Å². The molecule has 5 heteroatoms. The molecule has 0 heterocycles. The molecule has 0 atom stereocenters. The number of carbonyl (C=O) groups is 1. The zero-order chi connectivity index (χ0) is 12.7. The third kappa shape index (κ3) is 4.16. The van der Waals surface area contributed by atoms with Gasteiger partial charge in [0.2, 0.25) is 0 Å². The van der Waals surface area contributed by atoms with Gasteiger partial charge in [-0.3, -0.25) is 0 Å². The lowest BCUT2D eigenvalue weighted by atomic mass is 10.2. The largest absolute Gasteiger partial charge is 0.497 e. The first-order chi connectivity index (χ1) is 8.17. The SMILES string of the molecule is COCOc1cc(OC)ccc1C=CC(=O)O. The third-order valence-electron chi connectivity index (χ3n) is 1.96. The summed E-state index contributed by atoms with van der Waals surface area (Å²) in [5.41, 5.74) is 0.644. The Hall–Kier alpha value is -2.01. The molecule has 1 aromatic rings. The van der Waals surface area contributed by atoms with Crippen LogP contribution in [0.25, 0.3) is 6.08 Å². The predicted molar refractivity (Wildman–Crippen MR) is 62.2 cm³/mol. The second-order valence-electron chi connectivity index (χ2n) is 3.13. The number of hydrogen-bond acceptors (Lipinski definition) is 4. The van der Waals surface area contributed by atoms with Crippen LogP contribution in [-0.2, 0) is 9.53 Å². The van der Waals surface area contributed by atoms with Gasteiger partial charge < -0.3 is 19.3 Å². The van der Waals surface area contributed by atoms with Gasteiger partial charge in [0.15, 0.2) is 6.79 Å². The molecule has 0 saturated carbocycles. The van der Waals surface area contributed by atoms with E-state index in [-0.39, 0.29) is 6.79 Å². The lowest BCUT2D eigenvalue weighted by molar-refractivity contribution is -0.131. The van der Waals surface area contributed by atoms with E-state index in [1.54, 1.807) is 25.3 Å². The van der Waals surface area contributed by atoms with Crippen molar-refractivity contribution < 1.29 is 24.1 Å². The molecule has 0 aliphatic heterocycles. The fourth-order valence-corrected chi connectivity index (χ4v) is 1.19. The van der Waals surface area contributed by atoms with Crippen molar-refractivity contribution >= 4 is 12.0 Å². The number of hydrogen-bond donors (Lipinski definition) is 1. The maximum absolute atomic E-state index is 10.4. The summed E-state index contributed by atoms with van der Waals surface area (Å²) in [4.78, 5) is 10.4. The molecule has 0 saturated heterocycles. The summed E-state index contributed by atoms with van der Waals surface area (Å²) >= 11 is 0. The van der Waals surface area contributed by atoms with Crippen molar-refractivity contribution in [1.29, 1.82) is 0 Å². The summed E-state index contributed by atoms with van der Waals surface area (Å²) < 4.78 is 15.2. The van der Waals surface area contributed by atoms with Crippen molar-refractivity contribution in [3.63, 3.8) is 0 Å². The number of carboxylic acid groups (broad SMARTS) is 1. The molecule has 0 radical (unpaired) electrons. The molecule has 0 aliphatic rings. The average molecular weight is 238 g/mol. The molecule has 0 bridgehead atoms. The molecule has 1 rings (SSSR count). The van der Waals surface area contributed by atoms with Crippen LogP contribution in [0.3, 0.4) is 0 Å². The van der Waals surface area contributed by atoms with Gasteiger partial charge in [-0.15, -0.1) is 0 Å². The number of benzene rings is 1. The highest BCUT2D eigenvalue weighted by molar-refractivity contribution is 5.86. The van der Waals surface area contributed by atoms with Crippen LogP contribution in [0.2, 0.25) is 0 Å². The van der Waals surface area contributed by atoms with Crippen molar-refractivity contribution in [2.24, 2.45) is 0 Å². The molecule has 17 heavy (non-hydrogen) atoms. The van der Waals surface area contributed by atoms with E-state index in [1.165, 1.54) is 13.2 Å². The first kappa shape index (κ1) is 13.1. The van der Waals surface area contributed by atoms with Crippen LogP contribution in [0.1, 0.15) is 5.56 Å². The summed E-state index contributed by atoms with van der Waals surface area (Å²) in [6.07, 6.45) is 2.49. The first-order valence-corrected chi connectivity index (χ1v) is 4.88. The maximum atomic E-state index is 10.4. The standard InChI is InChI=1S/C12H14O5/c1-15-8-17-11-7-10(16-2)5-3-9(11)4-6-12(13)14/h3-7H,8H2,1-2H3,(H,13,14). The summed E-state index contributed by atoms with van der Waals surface area (Å²) in [6.45, 7) is 0.0844. The first-order valence-electron chi connectivity index (χ1n) is 4.88. The highest BCUT2D eigenvalue weighted by Crippen LogP contribution is 2.25. The number of carboxylic acids is 1. The molecule has 0 aliphatic carbocycles. The van der Waals surface area contributed by atoms with Crippen LogP contribution in [-0.4, -0.2) is 32.1 Å². The van der Waals surface area contributed by atoms with Crippen LogP contribution < -0.4 is 9.47 Å². The monoisotopic (exact) mass is 238 g/mol. The molecule has 1 aromatic carbocycles. The van der Waals surface area contributed by atoms with E-state index >= 15 is 0 Å². The molecular formula is C12H14O5. The van der Waals surface area contributed by atoms with Gasteiger partial charge in [-0.05, 0) is 18.2 Å². The van der Waals surface area contributed by atoms with Gasteiger partial charge in [-0.25, -0.2) is 4.79 Å². The van der Waals surface area contributed by atoms with Crippen LogP contribution in [0.4, 0.5) is 0 Å². The highest BCUT2D eigenvalue weighted by atomic mass is 16.7. The zero-order valence-corrected chi connectivity index (χ0v) is 9.67. The Kier molecular flexibility index (Phi) is 5.03. The van der Waals surface area contributed by atoms with Gasteiger partial charge in [0.1, 0.15) is 11.5 Å². The Morgan fingerprint density at radius 1 is 1.41 bits per heavy atom. The summed E-state index contributed by atoms with van der Waals surface area (Å²) in [7, 11) is 3.05. The van der Waals surface area contributed by atoms with E-state index in [0.717, 1.165) is 6.08 Å². The van der Waals surface area contributed by atoms with Crippen molar-refractivity contribution in [3.8, 4) is 11.5 Å². The van der Waals surface area contributed by atoms with Gasteiger partial charge in [0.05, 0.1) is 7.11 Å². The van der Waals surface area contributed by atoms with Gasteiger partial charge in [0, 0.05) is 24.8 Å². The number of aliphatic carboxylic acids is 1. The molecule has 1 N–H and O–H groups in total. The molecule has 0 aromatic heterocycles. The summed E-state index contributed by atoms with van der Waals surface area (Å²) in [5, 5.41) is 8.57. The number of rotatable bonds is 6. The van der Waals surface area contributed by atoms with Gasteiger partial charge in [-0.2, -0.15) is 0 Å². The molecule has 0 fully saturated rings. The number of methoxy groups -OCH3 is 2. The van der Waals surface area contributed by atoms with E-state index < -0.39 is 5.97 Å². The van der Waals surface area contributed by atoms with Crippen LogP contribution in [0.15, 0.2) is 24.3 Å². The smallest absolute Gasteiger partial charge is 0.328 e. The van der Waals surface area contributed by atoms with Crippen molar-refractivity contribution in [2.45, 2.75) is 0 Å². The van der Waals surface area contributed by atoms with E-state index in [0.29, 0.717) is 17.1 Å². The molecule has 0 amide bonds. The Bertz CT molecular complexity index is 411. The fourth-order valence-electron chi connectivity index (χ4n) is 1.19. The van der Waals surface area contributed by atoms with Crippen molar-refractivity contribution in [3.05, 3.63) is 29.8 Å². The highest BCUT2D eigenvalue weighted by Gasteiger charge is 2.04. The van der Waals surface area contributed by atoms with Gasteiger partial charge in [-0.1, -0.05) is 0 Å². The molecule has 0 unspecified atom stereocenters. The van der Waals surface area contributed by atoms with E-state index in [4.69, 9.17) is 19.3 Å². The minimum Gasteiger partial charge on any atom is -0.497 e. The molecule has 0 spiro atoms. The lowest BCUT2D eigenvalue weighted by Crippen LogP contribution is -2.00. The molecular weight excluding hydrogens is 224 g/mol. The Balaban J connectivity index is 2.97. The maximum Gasteiger partial charge on any atom is 0.328 e. The van der Waals surface area contributed by atoms with E-state index in [2.05, 4.69) is 0 Å². The summed E-state index contributed by atoms with van der Waals surface area (Å²) in [6, 6.07) is 5.10.